The molecule has 5 nitrogen and oxygen atoms in total. The molecule has 2 aliphatic rings. The first-order valence-corrected chi connectivity index (χ1v) is 8.27. The summed E-state index contributed by atoms with van der Waals surface area (Å²) in [7, 11) is 1.66. The first kappa shape index (κ1) is 14.7. The van der Waals surface area contributed by atoms with Gasteiger partial charge in [0.1, 0.15) is 22.9 Å². The molecular formula is C18H23N3O2. The van der Waals surface area contributed by atoms with E-state index >= 15 is 0 Å². The highest BCUT2D eigenvalue weighted by molar-refractivity contribution is 5.86. The fraction of sp³-hybridized carbons (Fsp3) is 0.556. The van der Waals surface area contributed by atoms with Gasteiger partial charge in [-0.2, -0.15) is 0 Å². The van der Waals surface area contributed by atoms with Gasteiger partial charge in [-0.3, -0.25) is 9.20 Å². The molecule has 0 amide bonds. The highest BCUT2D eigenvalue weighted by atomic mass is 16.5. The first-order valence-electron chi connectivity index (χ1n) is 8.27. The average Bonchev–Trinajstić information content (AvgIpc) is 2.91. The van der Waals surface area contributed by atoms with E-state index in [-0.39, 0.29) is 11.3 Å². The number of carbonyl (C=O) groups excluding carboxylic acids is 1. The molecule has 0 radical (unpaired) electrons. The van der Waals surface area contributed by atoms with Crippen LogP contribution in [0.4, 0.5) is 0 Å². The van der Waals surface area contributed by atoms with Crippen LogP contribution < -0.4 is 10.1 Å². The lowest BCUT2D eigenvalue weighted by Crippen LogP contribution is -2.28. The summed E-state index contributed by atoms with van der Waals surface area (Å²) in [6.45, 7) is 6.22. The molecule has 2 aromatic rings. The molecule has 1 aliphatic heterocycles. The van der Waals surface area contributed by atoms with Crippen LogP contribution in [0.5, 0.6) is 5.75 Å². The molecule has 0 aromatic carbocycles. The van der Waals surface area contributed by atoms with E-state index in [0.717, 1.165) is 30.2 Å². The minimum atomic E-state index is -0.291. The molecule has 0 bridgehead atoms. The number of hydrogen-bond donors (Lipinski definition) is 1. The standard InChI is InChI=1S/C18H23N3O2/c1-18(2,7-14(22)16-11-8-19-9-12(11)16)17-20-10-13-15(23-3)5-4-6-21(13)17/h4-6,10-12,16,19H,7-9H2,1-3H3/t11-,12+,16?. The number of carbonyl (C=O) groups is 1. The van der Waals surface area contributed by atoms with Crippen molar-refractivity contribution in [3.8, 4) is 5.75 Å². The fourth-order valence-electron chi connectivity index (χ4n) is 4.20. The van der Waals surface area contributed by atoms with E-state index in [1.807, 2.05) is 28.9 Å². The number of Topliss-reactive ketones (excluding diaryl/α,β-unsaturated/α-hetero) is 1. The van der Waals surface area contributed by atoms with Crippen molar-refractivity contribution in [2.75, 3.05) is 20.2 Å². The van der Waals surface area contributed by atoms with Gasteiger partial charge in [0.15, 0.2) is 0 Å². The zero-order valence-electron chi connectivity index (χ0n) is 13.9. The molecular weight excluding hydrogens is 290 g/mol. The number of imidazole rings is 1. The maximum Gasteiger partial charge on any atom is 0.144 e. The summed E-state index contributed by atoms with van der Waals surface area (Å²) in [5.41, 5.74) is 0.651. The SMILES string of the molecule is COc1cccn2c(C(C)(C)CC(=O)C3[C@H]4CNC[C@@H]34)ncc12. The number of nitrogens with one attached hydrogen (secondary N) is 1. The van der Waals surface area contributed by atoms with Gasteiger partial charge >= 0.3 is 0 Å². The minimum absolute atomic E-state index is 0.274. The van der Waals surface area contributed by atoms with Crippen LogP contribution in [0.2, 0.25) is 0 Å². The third-order valence-corrected chi connectivity index (χ3v) is 5.44. The van der Waals surface area contributed by atoms with E-state index in [9.17, 15) is 4.79 Å². The third kappa shape index (κ3) is 2.26. The number of ether oxygens (including phenoxy) is 1. The van der Waals surface area contributed by atoms with Gasteiger partial charge in [0.2, 0.25) is 0 Å². The Kier molecular flexibility index (Phi) is 3.23. The normalized spacial score (nSPS) is 26.3. The quantitative estimate of drug-likeness (QED) is 0.918. The summed E-state index contributed by atoms with van der Waals surface area (Å²) in [6.07, 6.45) is 4.36. The second-order valence-electron chi connectivity index (χ2n) is 7.45. The number of hydrogen-bond acceptors (Lipinski definition) is 4. The summed E-state index contributed by atoms with van der Waals surface area (Å²) in [4.78, 5) is 17.3. The van der Waals surface area contributed by atoms with E-state index in [1.165, 1.54) is 0 Å². The Hall–Kier alpha value is -1.88. The topological polar surface area (TPSA) is 55.6 Å². The molecule has 1 aliphatic carbocycles. The first-order chi connectivity index (χ1) is 11.0. The summed E-state index contributed by atoms with van der Waals surface area (Å²) in [5.74, 6) is 3.55. The Morgan fingerprint density at radius 2 is 2.17 bits per heavy atom. The Labute approximate surface area is 136 Å². The molecule has 2 aromatic heterocycles. The second-order valence-corrected chi connectivity index (χ2v) is 7.45. The number of rotatable bonds is 5. The summed E-state index contributed by atoms with van der Waals surface area (Å²) in [6, 6.07) is 3.88. The van der Waals surface area contributed by atoms with Crippen molar-refractivity contribution >= 4 is 11.3 Å². The van der Waals surface area contributed by atoms with Crippen molar-refractivity contribution in [1.29, 1.82) is 0 Å². The van der Waals surface area contributed by atoms with Crippen molar-refractivity contribution in [1.82, 2.24) is 14.7 Å². The van der Waals surface area contributed by atoms with Crippen LogP contribution in [0, 0.1) is 17.8 Å². The van der Waals surface area contributed by atoms with Gasteiger partial charge in [-0.25, -0.2) is 4.98 Å². The number of pyridine rings is 1. The molecule has 122 valence electrons. The molecule has 0 spiro atoms. The van der Waals surface area contributed by atoms with Crippen molar-refractivity contribution in [2.24, 2.45) is 17.8 Å². The van der Waals surface area contributed by atoms with E-state index in [4.69, 9.17) is 4.74 Å². The van der Waals surface area contributed by atoms with Gasteiger partial charge in [-0.1, -0.05) is 13.8 Å². The smallest absolute Gasteiger partial charge is 0.144 e. The predicted octanol–water partition coefficient (Wildman–Crippen LogP) is 2.05. The lowest BCUT2D eigenvalue weighted by molar-refractivity contribution is -0.122. The molecule has 1 saturated carbocycles. The number of aromatic nitrogens is 2. The summed E-state index contributed by atoms with van der Waals surface area (Å²) < 4.78 is 7.44. The van der Waals surface area contributed by atoms with Crippen molar-refractivity contribution in [3.63, 3.8) is 0 Å². The molecule has 5 heteroatoms. The Bertz CT molecular complexity index is 755. The van der Waals surface area contributed by atoms with Gasteiger partial charge in [0.05, 0.1) is 13.3 Å². The Morgan fingerprint density at radius 1 is 1.43 bits per heavy atom. The van der Waals surface area contributed by atoms with Crippen LogP contribution in [0.15, 0.2) is 24.5 Å². The number of fused-ring (bicyclic) bond motifs is 2. The highest BCUT2D eigenvalue weighted by Crippen LogP contribution is 2.50. The maximum atomic E-state index is 12.7. The van der Waals surface area contributed by atoms with E-state index in [0.29, 0.717) is 24.0 Å². The number of nitrogens with zero attached hydrogens (tertiary/aromatic N) is 2. The van der Waals surface area contributed by atoms with Crippen LogP contribution in [0.1, 0.15) is 26.1 Å². The second kappa shape index (κ2) is 5.06. The molecule has 1 N–H and O–H groups in total. The summed E-state index contributed by atoms with van der Waals surface area (Å²) in [5, 5.41) is 3.35. The molecule has 3 heterocycles. The van der Waals surface area contributed by atoms with Gasteiger partial charge in [0.25, 0.3) is 0 Å². The van der Waals surface area contributed by atoms with E-state index in [2.05, 4.69) is 24.1 Å². The van der Waals surface area contributed by atoms with E-state index < -0.39 is 0 Å². The van der Waals surface area contributed by atoms with Crippen LogP contribution in [-0.2, 0) is 10.2 Å². The molecule has 23 heavy (non-hydrogen) atoms. The molecule has 3 atom stereocenters. The molecule has 1 saturated heterocycles. The van der Waals surface area contributed by atoms with Gasteiger partial charge in [-0.05, 0) is 37.1 Å². The van der Waals surface area contributed by atoms with Crippen LogP contribution in [-0.4, -0.2) is 35.4 Å². The van der Waals surface area contributed by atoms with Crippen molar-refractivity contribution in [2.45, 2.75) is 25.7 Å². The van der Waals surface area contributed by atoms with Gasteiger partial charge in [0, 0.05) is 24.0 Å². The van der Waals surface area contributed by atoms with Crippen molar-refractivity contribution in [3.05, 3.63) is 30.4 Å². The van der Waals surface area contributed by atoms with Crippen molar-refractivity contribution < 1.29 is 9.53 Å². The van der Waals surface area contributed by atoms with Gasteiger partial charge in [-0.15, -0.1) is 0 Å². The maximum absolute atomic E-state index is 12.7. The average molecular weight is 313 g/mol. The lowest BCUT2D eigenvalue weighted by Gasteiger charge is -2.23. The van der Waals surface area contributed by atoms with Crippen LogP contribution in [0.25, 0.3) is 5.52 Å². The highest BCUT2D eigenvalue weighted by Gasteiger charge is 2.56. The number of piperidine rings is 1. The lowest BCUT2D eigenvalue weighted by atomic mass is 9.84. The summed E-state index contributed by atoms with van der Waals surface area (Å²) >= 11 is 0. The number of ketones is 1. The zero-order chi connectivity index (χ0) is 16.2. The van der Waals surface area contributed by atoms with Gasteiger partial charge < -0.3 is 10.1 Å². The number of methoxy groups -OCH3 is 1. The third-order valence-electron chi connectivity index (χ3n) is 5.44. The molecule has 2 fully saturated rings. The molecule has 1 unspecified atom stereocenters. The predicted molar refractivity (Wildman–Crippen MR) is 87.7 cm³/mol. The Balaban J connectivity index is 1.60. The zero-order valence-corrected chi connectivity index (χ0v) is 13.9. The molecule has 4 rings (SSSR count). The van der Waals surface area contributed by atoms with Crippen LogP contribution >= 0.6 is 0 Å². The van der Waals surface area contributed by atoms with Crippen LogP contribution in [0.3, 0.4) is 0 Å². The minimum Gasteiger partial charge on any atom is -0.494 e. The largest absolute Gasteiger partial charge is 0.494 e. The fourth-order valence-corrected chi connectivity index (χ4v) is 4.20. The van der Waals surface area contributed by atoms with E-state index in [1.54, 1.807) is 7.11 Å². The monoisotopic (exact) mass is 313 g/mol. The Morgan fingerprint density at radius 3 is 2.87 bits per heavy atom.